The predicted octanol–water partition coefficient (Wildman–Crippen LogP) is 5.08. The third-order valence-corrected chi connectivity index (χ3v) is 9.44. The van der Waals surface area contributed by atoms with Crippen LogP contribution in [0.5, 0.6) is 5.75 Å². The number of piperidine rings is 1. The predicted molar refractivity (Wildman–Crippen MR) is 140 cm³/mol. The third kappa shape index (κ3) is 5.00. The molecule has 0 spiro atoms. The lowest BCUT2D eigenvalue weighted by molar-refractivity contribution is 0.352. The van der Waals surface area contributed by atoms with Crippen LogP contribution in [0.2, 0.25) is 0 Å². The van der Waals surface area contributed by atoms with E-state index < -0.39 is 9.84 Å². The number of methoxy groups -OCH3 is 1. The average Bonchev–Trinajstić information content (AvgIpc) is 3.09. The van der Waals surface area contributed by atoms with E-state index in [-0.39, 0.29) is 15.6 Å². The van der Waals surface area contributed by atoms with Gasteiger partial charge in [-0.25, -0.2) is 12.8 Å². The molecule has 0 aliphatic carbocycles. The van der Waals surface area contributed by atoms with Gasteiger partial charge in [0.2, 0.25) is 9.84 Å². The molecule has 5 nitrogen and oxygen atoms in total. The fourth-order valence-corrected chi connectivity index (χ4v) is 6.84. The molecule has 1 saturated heterocycles. The first kappa shape index (κ1) is 24.8. The zero-order chi connectivity index (χ0) is 25.3. The molecule has 0 aromatic heterocycles. The van der Waals surface area contributed by atoms with Crippen molar-refractivity contribution < 1.29 is 17.5 Å². The Morgan fingerprint density at radius 1 is 0.861 bits per heavy atom. The van der Waals surface area contributed by atoms with Crippen LogP contribution in [-0.4, -0.2) is 53.7 Å². The molecule has 5 rings (SSSR count). The molecule has 3 aromatic carbocycles. The Morgan fingerprint density at radius 3 is 2.08 bits per heavy atom. The second-order valence-electron chi connectivity index (χ2n) is 9.89. The minimum absolute atomic E-state index is 0.206. The van der Waals surface area contributed by atoms with Gasteiger partial charge in [0.15, 0.2) is 0 Å². The molecule has 36 heavy (non-hydrogen) atoms. The summed E-state index contributed by atoms with van der Waals surface area (Å²) in [4.78, 5) is 5.06. The van der Waals surface area contributed by atoms with Gasteiger partial charge in [-0.3, -0.25) is 0 Å². The van der Waals surface area contributed by atoms with Gasteiger partial charge in [-0.15, -0.1) is 0 Å². The highest BCUT2D eigenvalue weighted by atomic mass is 32.2. The molecular formula is C29H33FN2O3S. The van der Waals surface area contributed by atoms with Crippen LogP contribution in [0, 0.1) is 5.82 Å². The summed E-state index contributed by atoms with van der Waals surface area (Å²) in [7, 11) is -0.103. The summed E-state index contributed by atoms with van der Waals surface area (Å²) in [5.41, 5.74) is 4.44. The minimum atomic E-state index is -3.72. The van der Waals surface area contributed by atoms with Gasteiger partial charge in [-0.2, -0.15) is 0 Å². The van der Waals surface area contributed by atoms with Gasteiger partial charge in [-0.05, 0) is 104 Å². The number of hydrogen-bond donors (Lipinski definition) is 0. The van der Waals surface area contributed by atoms with Crippen molar-refractivity contribution in [1.29, 1.82) is 0 Å². The quantitative estimate of drug-likeness (QED) is 0.481. The SMILES string of the molecule is COc1cc2c(cc1S(=O)(=O)c1ccc(N3CCC(c4ccc(F)cc4)CC3)cc1)CCN(C)CC2. The Morgan fingerprint density at radius 2 is 1.47 bits per heavy atom. The van der Waals surface area contributed by atoms with Crippen LogP contribution < -0.4 is 9.64 Å². The molecular weight excluding hydrogens is 475 g/mol. The van der Waals surface area contributed by atoms with Crippen molar-refractivity contribution in [3.63, 3.8) is 0 Å². The Kier molecular flexibility index (Phi) is 7.04. The van der Waals surface area contributed by atoms with E-state index >= 15 is 0 Å². The lowest BCUT2D eigenvalue weighted by Crippen LogP contribution is -2.32. The van der Waals surface area contributed by atoms with Crippen LogP contribution >= 0.6 is 0 Å². The van der Waals surface area contributed by atoms with Gasteiger partial charge in [0.25, 0.3) is 0 Å². The number of nitrogens with zero attached hydrogens (tertiary/aromatic N) is 2. The highest BCUT2D eigenvalue weighted by Crippen LogP contribution is 2.35. The molecule has 2 aliphatic heterocycles. The maximum atomic E-state index is 13.6. The summed E-state index contributed by atoms with van der Waals surface area (Å²) in [6.45, 7) is 3.61. The fraction of sp³-hybridized carbons (Fsp3) is 0.379. The topological polar surface area (TPSA) is 49.9 Å². The average molecular weight is 509 g/mol. The van der Waals surface area contributed by atoms with Crippen molar-refractivity contribution in [2.75, 3.05) is 45.2 Å². The number of ether oxygens (including phenoxy) is 1. The highest BCUT2D eigenvalue weighted by Gasteiger charge is 2.26. The number of likely N-dealkylation sites (N-methyl/N-ethyl adjacent to an activating group) is 1. The first-order chi connectivity index (χ1) is 17.3. The smallest absolute Gasteiger partial charge is 0.210 e. The summed E-state index contributed by atoms with van der Waals surface area (Å²) in [6.07, 6.45) is 3.67. The van der Waals surface area contributed by atoms with E-state index in [1.807, 2.05) is 36.4 Å². The lowest BCUT2D eigenvalue weighted by Gasteiger charge is -2.34. The summed E-state index contributed by atoms with van der Waals surface area (Å²) in [5.74, 6) is 0.620. The molecule has 3 aromatic rings. The van der Waals surface area contributed by atoms with Crippen LogP contribution in [0.3, 0.4) is 0 Å². The molecule has 1 fully saturated rings. The van der Waals surface area contributed by atoms with E-state index in [0.29, 0.717) is 11.7 Å². The van der Waals surface area contributed by atoms with Gasteiger partial charge >= 0.3 is 0 Å². The van der Waals surface area contributed by atoms with E-state index in [1.54, 1.807) is 12.1 Å². The Labute approximate surface area is 213 Å². The molecule has 7 heteroatoms. The maximum absolute atomic E-state index is 13.6. The largest absolute Gasteiger partial charge is 0.495 e. The monoisotopic (exact) mass is 508 g/mol. The first-order valence-corrected chi connectivity index (χ1v) is 14.1. The van der Waals surface area contributed by atoms with Crippen molar-refractivity contribution >= 4 is 15.5 Å². The fourth-order valence-electron chi connectivity index (χ4n) is 5.38. The van der Waals surface area contributed by atoms with Crippen LogP contribution in [0.4, 0.5) is 10.1 Å². The minimum Gasteiger partial charge on any atom is -0.495 e. The van der Waals surface area contributed by atoms with E-state index in [2.05, 4.69) is 16.8 Å². The lowest BCUT2D eigenvalue weighted by atomic mass is 9.89. The van der Waals surface area contributed by atoms with Gasteiger partial charge in [0.05, 0.1) is 12.0 Å². The Hall–Kier alpha value is -2.90. The molecule has 2 heterocycles. The van der Waals surface area contributed by atoms with Crippen molar-refractivity contribution in [2.45, 2.75) is 41.4 Å². The molecule has 0 N–H and O–H groups in total. The molecule has 0 bridgehead atoms. The molecule has 0 saturated carbocycles. The van der Waals surface area contributed by atoms with Gasteiger partial charge in [0.1, 0.15) is 16.5 Å². The molecule has 0 unspecified atom stereocenters. The van der Waals surface area contributed by atoms with Gasteiger partial charge < -0.3 is 14.5 Å². The number of benzene rings is 3. The molecule has 0 amide bonds. The second-order valence-corrected chi connectivity index (χ2v) is 11.8. The van der Waals surface area contributed by atoms with Gasteiger partial charge in [-0.1, -0.05) is 12.1 Å². The first-order valence-electron chi connectivity index (χ1n) is 12.6. The summed E-state index contributed by atoms with van der Waals surface area (Å²) in [5, 5.41) is 0. The van der Waals surface area contributed by atoms with E-state index in [9.17, 15) is 12.8 Å². The van der Waals surface area contributed by atoms with E-state index in [4.69, 9.17) is 4.74 Å². The van der Waals surface area contributed by atoms with Crippen LogP contribution in [0.1, 0.15) is 35.4 Å². The van der Waals surface area contributed by atoms with Crippen molar-refractivity contribution in [1.82, 2.24) is 4.90 Å². The number of fused-ring (bicyclic) bond motifs is 1. The zero-order valence-electron chi connectivity index (χ0n) is 20.9. The standard InChI is InChI=1S/C29H33FN2O3S/c1-31-15-11-23-19-28(35-2)29(20-24(23)12-16-31)36(33,34)27-9-7-26(8-10-27)32-17-13-22(14-18-32)21-3-5-25(30)6-4-21/h3-10,19-20,22H,11-18H2,1-2H3. The molecule has 0 radical (unpaired) electrons. The Balaban J connectivity index is 1.33. The van der Waals surface area contributed by atoms with Gasteiger partial charge in [0, 0.05) is 31.9 Å². The molecule has 0 atom stereocenters. The zero-order valence-corrected chi connectivity index (χ0v) is 21.7. The number of sulfone groups is 1. The molecule has 190 valence electrons. The van der Waals surface area contributed by atoms with E-state index in [0.717, 1.165) is 68.7 Å². The van der Waals surface area contributed by atoms with Crippen LogP contribution in [-0.2, 0) is 22.7 Å². The summed E-state index contributed by atoms with van der Waals surface area (Å²) >= 11 is 0. The second kappa shape index (κ2) is 10.2. The van der Waals surface area contributed by atoms with Crippen LogP contribution in [0.15, 0.2) is 70.5 Å². The third-order valence-electron chi connectivity index (χ3n) is 7.65. The highest BCUT2D eigenvalue weighted by molar-refractivity contribution is 7.91. The summed E-state index contributed by atoms with van der Waals surface area (Å²) < 4.78 is 46.0. The normalized spacial score (nSPS) is 17.5. The number of anilines is 1. The maximum Gasteiger partial charge on any atom is 0.210 e. The number of halogens is 1. The number of rotatable bonds is 5. The molecule has 2 aliphatic rings. The van der Waals surface area contributed by atoms with E-state index in [1.165, 1.54) is 24.8 Å². The number of hydrogen-bond acceptors (Lipinski definition) is 5. The Bertz CT molecular complexity index is 1320. The van der Waals surface area contributed by atoms with Crippen molar-refractivity contribution in [3.8, 4) is 5.75 Å². The summed E-state index contributed by atoms with van der Waals surface area (Å²) in [6, 6.07) is 17.7. The van der Waals surface area contributed by atoms with Crippen molar-refractivity contribution in [2.24, 2.45) is 0 Å². The van der Waals surface area contributed by atoms with Crippen LogP contribution in [0.25, 0.3) is 0 Å². The van der Waals surface area contributed by atoms with Crippen molar-refractivity contribution in [3.05, 3.63) is 83.2 Å².